The van der Waals surface area contributed by atoms with Gasteiger partial charge in [0.2, 0.25) is 0 Å². The van der Waals surface area contributed by atoms with E-state index >= 15 is 0 Å². The molecule has 0 unspecified atom stereocenters. The summed E-state index contributed by atoms with van der Waals surface area (Å²) in [6.07, 6.45) is 0. The first kappa shape index (κ1) is 13.7. The van der Waals surface area contributed by atoms with Crippen LogP contribution in [0.15, 0.2) is 48.5 Å². The normalized spacial score (nSPS) is 24.1. The van der Waals surface area contributed by atoms with Gasteiger partial charge in [-0.2, -0.15) is 5.26 Å². The Balaban J connectivity index is 1.86. The van der Waals surface area contributed by atoms with E-state index in [1.165, 1.54) is 12.1 Å². The first-order valence-electron chi connectivity index (χ1n) is 6.85. The predicted molar refractivity (Wildman–Crippen MR) is 78.0 cm³/mol. The first-order chi connectivity index (χ1) is 10.2. The highest BCUT2D eigenvalue weighted by Crippen LogP contribution is 2.33. The molecule has 2 aromatic carbocycles. The van der Waals surface area contributed by atoms with Crippen molar-refractivity contribution in [1.29, 1.82) is 5.26 Å². The van der Waals surface area contributed by atoms with E-state index in [4.69, 9.17) is 5.26 Å². The quantitative estimate of drug-likeness (QED) is 0.909. The Morgan fingerprint density at radius 1 is 1.14 bits per heavy atom. The molecule has 1 aliphatic rings. The maximum absolute atomic E-state index is 13.2. The van der Waals surface area contributed by atoms with Gasteiger partial charge in [-0.05, 0) is 28.8 Å². The summed E-state index contributed by atoms with van der Waals surface area (Å²) in [6, 6.07) is 16.0. The molecule has 1 heterocycles. The number of benzene rings is 2. The monoisotopic (exact) mass is 282 g/mol. The molecule has 0 spiro atoms. The summed E-state index contributed by atoms with van der Waals surface area (Å²) in [5, 5.41) is 21.4. The van der Waals surface area contributed by atoms with Gasteiger partial charge in [0.1, 0.15) is 11.9 Å². The zero-order valence-electron chi connectivity index (χ0n) is 11.3. The molecule has 3 nitrogen and oxygen atoms in total. The highest BCUT2D eigenvalue weighted by atomic mass is 19.1. The number of rotatable bonds is 3. The van der Waals surface area contributed by atoms with Crippen molar-refractivity contribution in [2.24, 2.45) is 0 Å². The lowest BCUT2D eigenvalue weighted by Crippen LogP contribution is -2.60. The Morgan fingerprint density at radius 3 is 2.52 bits per heavy atom. The van der Waals surface area contributed by atoms with E-state index in [2.05, 4.69) is 11.4 Å². The van der Waals surface area contributed by atoms with Crippen molar-refractivity contribution < 1.29 is 9.50 Å². The second-order valence-corrected chi connectivity index (χ2v) is 5.22. The molecule has 0 saturated carbocycles. The summed E-state index contributed by atoms with van der Waals surface area (Å²) in [5.41, 5.74) is 2.77. The number of aliphatic hydroxyl groups excluding tert-OH is 1. The van der Waals surface area contributed by atoms with Gasteiger partial charge in [0.25, 0.3) is 0 Å². The fraction of sp³-hybridized carbons (Fsp3) is 0.235. The average Bonchev–Trinajstić information content (AvgIpc) is 2.48. The first-order valence-corrected chi connectivity index (χ1v) is 6.85. The highest BCUT2D eigenvalue weighted by Gasteiger charge is 2.41. The molecule has 4 heteroatoms. The zero-order chi connectivity index (χ0) is 14.8. The SMILES string of the molecule is N#C[C@@H]1N[C@@H](CO)[C@H]1c1ccc(-c2cccc(F)c2)cc1. The fourth-order valence-corrected chi connectivity index (χ4v) is 2.83. The van der Waals surface area contributed by atoms with Crippen LogP contribution in [0.2, 0.25) is 0 Å². The Kier molecular flexibility index (Phi) is 3.70. The second kappa shape index (κ2) is 5.65. The lowest BCUT2D eigenvalue weighted by atomic mass is 9.78. The fourth-order valence-electron chi connectivity index (χ4n) is 2.83. The number of nitriles is 1. The smallest absolute Gasteiger partial charge is 0.123 e. The molecule has 2 N–H and O–H groups in total. The van der Waals surface area contributed by atoms with Gasteiger partial charge in [0.05, 0.1) is 12.7 Å². The predicted octanol–water partition coefficient (Wildman–Crippen LogP) is 2.43. The Labute approximate surface area is 122 Å². The van der Waals surface area contributed by atoms with Gasteiger partial charge >= 0.3 is 0 Å². The van der Waals surface area contributed by atoms with Crippen LogP contribution in [0.25, 0.3) is 11.1 Å². The van der Waals surface area contributed by atoms with Crippen molar-refractivity contribution in [1.82, 2.24) is 5.32 Å². The minimum Gasteiger partial charge on any atom is -0.395 e. The number of halogens is 1. The molecule has 0 radical (unpaired) electrons. The molecule has 3 rings (SSSR count). The van der Waals surface area contributed by atoms with E-state index in [1.54, 1.807) is 6.07 Å². The third kappa shape index (κ3) is 2.54. The van der Waals surface area contributed by atoms with E-state index in [0.717, 1.165) is 16.7 Å². The molecular weight excluding hydrogens is 267 g/mol. The van der Waals surface area contributed by atoms with Crippen LogP contribution in [0.5, 0.6) is 0 Å². The van der Waals surface area contributed by atoms with Crippen molar-refractivity contribution in [3.05, 3.63) is 59.9 Å². The van der Waals surface area contributed by atoms with Crippen LogP contribution in [-0.2, 0) is 0 Å². The number of hydrogen-bond donors (Lipinski definition) is 2. The van der Waals surface area contributed by atoms with Crippen LogP contribution in [-0.4, -0.2) is 23.8 Å². The van der Waals surface area contributed by atoms with Crippen LogP contribution >= 0.6 is 0 Å². The summed E-state index contributed by atoms with van der Waals surface area (Å²) in [6.45, 7) is 0.00843. The number of nitrogens with one attached hydrogen (secondary N) is 1. The van der Waals surface area contributed by atoms with Gasteiger partial charge in [0, 0.05) is 12.0 Å². The van der Waals surface area contributed by atoms with Crippen LogP contribution in [0, 0.1) is 17.1 Å². The molecule has 3 atom stereocenters. The van der Waals surface area contributed by atoms with Gasteiger partial charge in [-0.1, -0.05) is 36.4 Å². The Morgan fingerprint density at radius 2 is 1.90 bits per heavy atom. The topological polar surface area (TPSA) is 56.0 Å². The number of aliphatic hydroxyl groups is 1. The average molecular weight is 282 g/mol. The molecule has 0 aromatic heterocycles. The standard InChI is InChI=1S/C17H15FN2O/c18-14-3-1-2-13(8-14)11-4-6-12(7-5-11)17-15(9-19)20-16(17)10-21/h1-8,15-17,20-21H,10H2/t15-,16-,17-/m0/s1. The molecule has 1 saturated heterocycles. The van der Waals surface area contributed by atoms with Crippen LogP contribution < -0.4 is 5.32 Å². The molecule has 0 aliphatic carbocycles. The second-order valence-electron chi connectivity index (χ2n) is 5.22. The third-order valence-corrected chi connectivity index (χ3v) is 3.98. The Hall–Kier alpha value is -2.22. The molecular formula is C17H15FN2O. The minimum absolute atomic E-state index is 0.00144. The summed E-state index contributed by atoms with van der Waals surface area (Å²) in [7, 11) is 0. The molecule has 0 amide bonds. The summed E-state index contributed by atoms with van der Waals surface area (Å²) in [5.74, 6) is -0.258. The highest BCUT2D eigenvalue weighted by molar-refractivity contribution is 5.63. The summed E-state index contributed by atoms with van der Waals surface area (Å²) in [4.78, 5) is 0. The van der Waals surface area contributed by atoms with Crippen molar-refractivity contribution in [3.63, 3.8) is 0 Å². The molecule has 2 aromatic rings. The zero-order valence-corrected chi connectivity index (χ0v) is 11.3. The maximum atomic E-state index is 13.2. The summed E-state index contributed by atoms with van der Waals surface area (Å²) >= 11 is 0. The van der Waals surface area contributed by atoms with Gasteiger partial charge in [0.15, 0.2) is 0 Å². The lowest BCUT2D eigenvalue weighted by molar-refractivity contribution is 0.151. The van der Waals surface area contributed by atoms with Crippen LogP contribution in [0.3, 0.4) is 0 Å². The van der Waals surface area contributed by atoms with Crippen molar-refractivity contribution in [2.45, 2.75) is 18.0 Å². The molecule has 21 heavy (non-hydrogen) atoms. The third-order valence-electron chi connectivity index (χ3n) is 3.98. The van der Waals surface area contributed by atoms with Gasteiger partial charge < -0.3 is 5.11 Å². The molecule has 1 aliphatic heterocycles. The maximum Gasteiger partial charge on any atom is 0.123 e. The molecule has 0 bridgehead atoms. The summed E-state index contributed by atoms with van der Waals surface area (Å²) < 4.78 is 13.2. The van der Waals surface area contributed by atoms with E-state index in [1.807, 2.05) is 30.3 Å². The van der Waals surface area contributed by atoms with E-state index in [0.29, 0.717) is 0 Å². The van der Waals surface area contributed by atoms with Crippen molar-refractivity contribution in [3.8, 4) is 17.2 Å². The minimum atomic E-state index is -0.262. The molecule has 1 fully saturated rings. The van der Waals surface area contributed by atoms with Crippen LogP contribution in [0.1, 0.15) is 11.5 Å². The largest absolute Gasteiger partial charge is 0.395 e. The van der Waals surface area contributed by atoms with Gasteiger partial charge in [-0.25, -0.2) is 4.39 Å². The lowest BCUT2D eigenvalue weighted by Gasteiger charge is -2.41. The number of hydrogen-bond acceptors (Lipinski definition) is 3. The van der Waals surface area contributed by atoms with E-state index in [-0.39, 0.29) is 30.4 Å². The van der Waals surface area contributed by atoms with E-state index in [9.17, 15) is 9.50 Å². The number of nitrogens with zero attached hydrogens (tertiary/aromatic N) is 1. The van der Waals surface area contributed by atoms with Crippen LogP contribution in [0.4, 0.5) is 4.39 Å². The Bertz CT molecular complexity index is 678. The van der Waals surface area contributed by atoms with E-state index < -0.39 is 0 Å². The van der Waals surface area contributed by atoms with Crippen molar-refractivity contribution in [2.75, 3.05) is 6.61 Å². The molecule has 106 valence electrons. The van der Waals surface area contributed by atoms with Gasteiger partial charge in [-0.15, -0.1) is 0 Å². The van der Waals surface area contributed by atoms with Gasteiger partial charge in [-0.3, -0.25) is 5.32 Å². The van der Waals surface area contributed by atoms with Crippen molar-refractivity contribution >= 4 is 0 Å².